The average Bonchev–Trinajstić information content (AvgIpc) is 2.18. The van der Waals surface area contributed by atoms with E-state index in [1.54, 1.807) is 6.92 Å². The monoisotopic (exact) mass is 272 g/mol. The van der Waals surface area contributed by atoms with Gasteiger partial charge in [-0.05, 0) is 25.0 Å². The van der Waals surface area contributed by atoms with E-state index in [4.69, 9.17) is 4.74 Å². The van der Waals surface area contributed by atoms with Crippen LogP contribution >= 0.6 is 15.9 Å². The van der Waals surface area contributed by atoms with Gasteiger partial charge in [0.15, 0.2) is 0 Å². The van der Waals surface area contributed by atoms with Crippen LogP contribution in [0.5, 0.6) is 0 Å². The van der Waals surface area contributed by atoms with Crippen LogP contribution in [0.3, 0.4) is 0 Å². The summed E-state index contributed by atoms with van der Waals surface area (Å²) in [7, 11) is 0. The molecule has 0 saturated heterocycles. The molecule has 1 unspecified atom stereocenters. The first-order valence-electron chi connectivity index (χ1n) is 5.13. The Morgan fingerprint density at radius 1 is 1.40 bits per heavy atom. The van der Waals surface area contributed by atoms with Crippen molar-refractivity contribution >= 4 is 15.9 Å². The summed E-state index contributed by atoms with van der Waals surface area (Å²) in [5.41, 5.74) is -0.0731. The largest absolute Gasteiger partial charge is 0.383 e. The van der Waals surface area contributed by atoms with Gasteiger partial charge < -0.3 is 9.84 Å². The van der Waals surface area contributed by atoms with E-state index in [9.17, 15) is 5.11 Å². The molecule has 1 N–H and O–H groups in total. The van der Waals surface area contributed by atoms with E-state index in [-0.39, 0.29) is 0 Å². The van der Waals surface area contributed by atoms with Gasteiger partial charge in [0.1, 0.15) is 5.60 Å². The Hall–Kier alpha value is -0.380. The normalized spacial score (nSPS) is 14.9. The molecule has 0 aliphatic rings. The first kappa shape index (κ1) is 12.7. The summed E-state index contributed by atoms with van der Waals surface area (Å²) in [5.74, 6) is 0. The fourth-order valence-electron chi connectivity index (χ4n) is 1.39. The molecule has 0 fully saturated rings. The molecule has 1 atom stereocenters. The molecule has 0 bridgehead atoms. The third kappa shape index (κ3) is 3.59. The summed E-state index contributed by atoms with van der Waals surface area (Å²) >= 11 is 3.43. The van der Waals surface area contributed by atoms with Gasteiger partial charge in [-0.1, -0.05) is 41.1 Å². The van der Waals surface area contributed by atoms with Crippen molar-refractivity contribution in [2.45, 2.75) is 25.9 Å². The van der Waals surface area contributed by atoms with Crippen LogP contribution in [0.25, 0.3) is 0 Å². The smallest absolute Gasteiger partial charge is 0.111 e. The standard InChI is InChI=1S/C12H17BrO2/c1-3-8-15-9-12(2,14)10-6-4-5-7-11(10)13/h4-7,14H,3,8-9H2,1-2H3. The molecular weight excluding hydrogens is 256 g/mol. The van der Waals surface area contributed by atoms with Crippen molar-refractivity contribution in [3.63, 3.8) is 0 Å². The zero-order chi connectivity index (χ0) is 11.3. The van der Waals surface area contributed by atoms with E-state index >= 15 is 0 Å². The predicted molar refractivity (Wildman–Crippen MR) is 64.8 cm³/mol. The van der Waals surface area contributed by atoms with Crippen molar-refractivity contribution in [3.8, 4) is 0 Å². The second kappa shape index (κ2) is 5.64. The van der Waals surface area contributed by atoms with Crippen molar-refractivity contribution in [2.24, 2.45) is 0 Å². The Balaban J connectivity index is 2.72. The van der Waals surface area contributed by atoms with Crippen molar-refractivity contribution in [3.05, 3.63) is 34.3 Å². The molecule has 0 amide bonds. The molecule has 1 aromatic rings. The lowest BCUT2D eigenvalue weighted by Gasteiger charge is -2.24. The van der Waals surface area contributed by atoms with Crippen LogP contribution in [0.2, 0.25) is 0 Å². The van der Waals surface area contributed by atoms with Crippen LogP contribution in [0.1, 0.15) is 25.8 Å². The molecule has 0 heterocycles. The minimum Gasteiger partial charge on any atom is -0.383 e. The predicted octanol–water partition coefficient (Wildman–Crippen LogP) is 3.08. The van der Waals surface area contributed by atoms with Gasteiger partial charge in [0.2, 0.25) is 0 Å². The van der Waals surface area contributed by atoms with Crippen LogP contribution in [-0.2, 0) is 10.3 Å². The first-order valence-corrected chi connectivity index (χ1v) is 5.92. The van der Waals surface area contributed by atoms with Gasteiger partial charge in [0.05, 0.1) is 6.61 Å². The van der Waals surface area contributed by atoms with E-state index in [2.05, 4.69) is 15.9 Å². The molecule has 2 nitrogen and oxygen atoms in total. The summed E-state index contributed by atoms with van der Waals surface area (Å²) in [4.78, 5) is 0. The first-order chi connectivity index (χ1) is 7.08. The average molecular weight is 273 g/mol. The third-order valence-corrected chi connectivity index (χ3v) is 2.88. The Labute approximate surface area is 99.4 Å². The Kier molecular flexibility index (Phi) is 4.77. The Bertz CT molecular complexity index is 310. The Morgan fingerprint density at radius 3 is 2.67 bits per heavy atom. The lowest BCUT2D eigenvalue weighted by atomic mass is 9.97. The maximum Gasteiger partial charge on any atom is 0.111 e. The second-order valence-electron chi connectivity index (χ2n) is 3.81. The van der Waals surface area contributed by atoms with E-state index in [1.807, 2.05) is 31.2 Å². The number of hydrogen-bond acceptors (Lipinski definition) is 2. The molecule has 0 saturated carbocycles. The minimum atomic E-state index is -0.935. The van der Waals surface area contributed by atoms with Gasteiger partial charge in [0, 0.05) is 11.1 Å². The number of benzene rings is 1. The van der Waals surface area contributed by atoms with Gasteiger partial charge in [0.25, 0.3) is 0 Å². The topological polar surface area (TPSA) is 29.5 Å². The maximum atomic E-state index is 10.2. The van der Waals surface area contributed by atoms with Crippen LogP contribution in [0.15, 0.2) is 28.7 Å². The molecule has 0 aromatic heterocycles. The van der Waals surface area contributed by atoms with Crippen LogP contribution in [0, 0.1) is 0 Å². The van der Waals surface area contributed by atoms with Crippen molar-refractivity contribution in [2.75, 3.05) is 13.2 Å². The van der Waals surface area contributed by atoms with Crippen LogP contribution in [-0.4, -0.2) is 18.3 Å². The quantitative estimate of drug-likeness (QED) is 0.835. The molecule has 0 radical (unpaired) electrons. The van der Waals surface area contributed by atoms with Gasteiger partial charge in [-0.25, -0.2) is 0 Å². The minimum absolute atomic E-state index is 0.323. The molecule has 0 aliphatic heterocycles. The fourth-order valence-corrected chi connectivity index (χ4v) is 2.10. The van der Waals surface area contributed by atoms with Crippen molar-refractivity contribution in [1.82, 2.24) is 0 Å². The van der Waals surface area contributed by atoms with Crippen LogP contribution < -0.4 is 0 Å². The molecule has 3 heteroatoms. The van der Waals surface area contributed by atoms with Gasteiger partial charge >= 0.3 is 0 Å². The van der Waals surface area contributed by atoms with E-state index in [0.717, 1.165) is 16.5 Å². The van der Waals surface area contributed by atoms with Crippen molar-refractivity contribution < 1.29 is 9.84 Å². The maximum absolute atomic E-state index is 10.2. The van der Waals surface area contributed by atoms with E-state index in [1.165, 1.54) is 0 Å². The number of ether oxygens (including phenoxy) is 1. The molecule has 0 aliphatic carbocycles. The number of halogens is 1. The molecule has 84 valence electrons. The summed E-state index contributed by atoms with van der Waals surface area (Å²) < 4.78 is 6.30. The highest BCUT2D eigenvalue weighted by atomic mass is 79.9. The lowest BCUT2D eigenvalue weighted by molar-refractivity contribution is -0.0379. The SMILES string of the molecule is CCCOCC(C)(O)c1ccccc1Br. The number of rotatable bonds is 5. The van der Waals surface area contributed by atoms with Crippen molar-refractivity contribution in [1.29, 1.82) is 0 Å². The summed E-state index contributed by atoms with van der Waals surface area (Å²) in [6.45, 7) is 4.82. The highest BCUT2D eigenvalue weighted by molar-refractivity contribution is 9.10. The molecule has 1 aromatic carbocycles. The molecule has 0 spiro atoms. The Morgan fingerprint density at radius 2 is 2.07 bits per heavy atom. The zero-order valence-electron chi connectivity index (χ0n) is 9.16. The lowest BCUT2D eigenvalue weighted by Crippen LogP contribution is -2.28. The molecule has 15 heavy (non-hydrogen) atoms. The summed E-state index contributed by atoms with van der Waals surface area (Å²) in [6, 6.07) is 7.66. The number of hydrogen-bond donors (Lipinski definition) is 1. The van der Waals surface area contributed by atoms with Gasteiger partial charge in [-0.3, -0.25) is 0 Å². The summed E-state index contributed by atoms with van der Waals surface area (Å²) in [5, 5.41) is 10.2. The second-order valence-corrected chi connectivity index (χ2v) is 4.66. The zero-order valence-corrected chi connectivity index (χ0v) is 10.8. The third-order valence-electron chi connectivity index (χ3n) is 2.19. The molecular formula is C12H17BrO2. The van der Waals surface area contributed by atoms with Crippen LogP contribution in [0.4, 0.5) is 0 Å². The van der Waals surface area contributed by atoms with Gasteiger partial charge in [-0.2, -0.15) is 0 Å². The van der Waals surface area contributed by atoms with Gasteiger partial charge in [-0.15, -0.1) is 0 Å². The van der Waals surface area contributed by atoms with E-state index < -0.39 is 5.60 Å². The highest BCUT2D eigenvalue weighted by Gasteiger charge is 2.25. The van der Waals surface area contributed by atoms with E-state index in [0.29, 0.717) is 13.2 Å². The summed E-state index contributed by atoms with van der Waals surface area (Å²) in [6.07, 6.45) is 0.964. The molecule has 1 rings (SSSR count). The highest BCUT2D eigenvalue weighted by Crippen LogP contribution is 2.28. The number of aliphatic hydroxyl groups is 1. The fraction of sp³-hybridized carbons (Fsp3) is 0.500.